The maximum absolute atomic E-state index is 13.0. The molecule has 0 spiro atoms. The molecule has 0 aliphatic rings. The fourth-order valence-corrected chi connectivity index (χ4v) is 4.54. The number of halogens is 2. The Morgan fingerprint density at radius 3 is 2.28 bits per heavy atom. The van der Waals surface area contributed by atoms with Crippen LogP contribution in [0.25, 0.3) is 0 Å². The Morgan fingerprint density at radius 2 is 1.72 bits per heavy atom. The number of nitrogens with one attached hydrogen (secondary N) is 1. The van der Waals surface area contributed by atoms with Gasteiger partial charge in [0.15, 0.2) is 0 Å². The van der Waals surface area contributed by atoms with E-state index < -0.39 is 16.1 Å². The molecule has 0 fully saturated rings. The summed E-state index contributed by atoms with van der Waals surface area (Å²) >= 11 is 11.9. The lowest BCUT2D eigenvalue weighted by Crippen LogP contribution is -2.46. The van der Waals surface area contributed by atoms with Gasteiger partial charge in [-0.25, -0.2) is 8.42 Å². The average Bonchev–Trinajstić information content (AvgIpc) is 2.74. The number of hydrogen-bond acceptors (Lipinski definition) is 4. The van der Waals surface area contributed by atoms with Crippen LogP contribution in [-0.4, -0.2) is 51.0 Å². The number of nitrogens with zero attached hydrogens (tertiary/aromatic N) is 2. The number of hydrogen-bond donors (Lipinski definition) is 1. The summed E-state index contributed by atoms with van der Waals surface area (Å²) < 4.78 is 25.8. The summed E-state index contributed by atoms with van der Waals surface area (Å²) in [5.41, 5.74) is 1.26. The van der Waals surface area contributed by atoms with Crippen molar-refractivity contribution in [1.82, 2.24) is 10.2 Å². The lowest BCUT2D eigenvalue weighted by molar-refractivity contribution is -0.140. The Morgan fingerprint density at radius 1 is 1.06 bits per heavy atom. The maximum atomic E-state index is 13.0. The van der Waals surface area contributed by atoms with Crippen LogP contribution in [-0.2, 0) is 26.2 Å². The Bertz CT molecular complexity index is 1050. The van der Waals surface area contributed by atoms with E-state index in [0.717, 1.165) is 11.8 Å². The van der Waals surface area contributed by atoms with Crippen molar-refractivity contribution in [2.75, 3.05) is 24.2 Å². The van der Waals surface area contributed by atoms with Crippen LogP contribution in [0.15, 0.2) is 48.5 Å². The summed E-state index contributed by atoms with van der Waals surface area (Å²) in [6.07, 6.45) is 1.46. The van der Waals surface area contributed by atoms with Gasteiger partial charge >= 0.3 is 0 Å². The predicted molar refractivity (Wildman–Crippen MR) is 128 cm³/mol. The highest BCUT2D eigenvalue weighted by Gasteiger charge is 2.26. The van der Waals surface area contributed by atoms with Crippen molar-refractivity contribution in [3.05, 3.63) is 64.1 Å². The molecule has 1 atom stereocenters. The minimum absolute atomic E-state index is 0.0709. The van der Waals surface area contributed by atoms with Crippen LogP contribution in [0, 0.1) is 0 Å². The van der Waals surface area contributed by atoms with Gasteiger partial charge in [-0.05, 0) is 55.3 Å². The van der Waals surface area contributed by atoms with E-state index in [1.807, 2.05) is 6.07 Å². The van der Waals surface area contributed by atoms with Gasteiger partial charge < -0.3 is 10.2 Å². The van der Waals surface area contributed by atoms with E-state index in [2.05, 4.69) is 5.32 Å². The zero-order valence-electron chi connectivity index (χ0n) is 18.2. The molecule has 1 N–H and O–H groups in total. The molecule has 2 aromatic rings. The largest absolute Gasteiger partial charge is 0.357 e. The van der Waals surface area contributed by atoms with E-state index in [4.69, 9.17) is 23.2 Å². The molecule has 2 aromatic carbocycles. The van der Waals surface area contributed by atoms with Gasteiger partial charge in [-0.3, -0.25) is 13.9 Å². The van der Waals surface area contributed by atoms with E-state index in [1.165, 1.54) is 16.3 Å². The zero-order valence-corrected chi connectivity index (χ0v) is 20.5. The first-order chi connectivity index (χ1) is 15.0. The molecule has 174 valence electrons. The van der Waals surface area contributed by atoms with Gasteiger partial charge in [0.25, 0.3) is 0 Å². The smallest absolute Gasteiger partial charge is 0.242 e. The summed E-state index contributed by atoms with van der Waals surface area (Å²) in [6, 6.07) is 12.8. The number of carbonyl (C=O) groups excluding carboxylic acids is 2. The molecule has 0 radical (unpaired) electrons. The molecule has 0 saturated carbocycles. The second-order valence-corrected chi connectivity index (χ2v) is 10.1. The lowest BCUT2D eigenvalue weighted by Gasteiger charge is -2.29. The fourth-order valence-electron chi connectivity index (χ4n) is 3.23. The average molecular weight is 500 g/mol. The van der Waals surface area contributed by atoms with Crippen molar-refractivity contribution in [2.24, 2.45) is 0 Å². The second-order valence-electron chi connectivity index (χ2n) is 7.36. The normalized spacial score (nSPS) is 12.2. The van der Waals surface area contributed by atoms with Crippen LogP contribution >= 0.6 is 23.2 Å². The SMILES string of the molecule is CNC(=O)[C@@H](C)N(Cc1cccc(Cl)c1)C(=O)CCCN(c1ccc(Cl)cc1)S(C)(=O)=O. The Balaban J connectivity index is 2.13. The molecule has 0 aromatic heterocycles. The van der Waals surface area contributed by atoms with Crippen molar-refractivity contribution in [3.8, 4) is 0 Å². The molecule has 0 unspecified atom stereocenters. The molecule has 0 heterocycles. The van der Waals surface area contributed by atoms with Crippen molar-refractivity contribution >= 4 is 50.7 Å². The van der Waals surface area contributed by atoms with Gasteiger partial charge in [-0.2, -0.15) is 0 Å². The highest BCUT2D eigenvalue weighted by Crippen LogP contribution is 2.21. The molecule has 0 saturated heterocycles. The third kappa shape index (κ3) is 7.39. The Hall–Kier alpha value is -2.29. The van der Waals surface area contributed by atoms with Gasteiger partial charge in [0.2, 0.25) is 21.8 Å². The van der Waals surface area contributed by atoms with Crippen LogP contribution in [0.2, 0.25) is 10.0 Å². The summed E-state index contributed by atoms with van der Waals surface area (Å²) in [7, 11) is -2.04. The molecule has 32 heavy (non-hydrogen) atoms. The number of amides is 2. The first-order valence-corrected chi connectivity index (χ1v) is 12.6. The molecular weight excluding hydrogens is 473 g/mol. The highest BCUT2D eigenvalue weighted by atomic mass is 35.5. The molecule has 10 heteroatoms. The third-order valence-electron chi connectivity index (χ3n) is 4.92. The number of rotatable bonds is 10. The number of likely N-dealkylation sites (N-methyl/N-ethyl adjacent to an activating group) is 1. The molecule has 2 rings (SSSR count). The monoisotopic (exact) mass is 499 g/mol. The number of carbonyl (C=O) groups is 2. The van der Waals surface area contributed by atoms with Crippen LogP contribution in [0.1, 0.15) is 25.3 Å². The minimum Gasteiger partial charge on any atom is -0.357 e. The standard InChI is InChI=1S/C22H27Cl2N3O4S/c1-16(22(29)25-2)26(15-17-6-4-7-19(24)14-17)21(28)8-5-13-27(32(3,30)31)20-11-9-18(23)10-12-20/h4,6-7,9-12,14,16H,5,8,13,15H2,1-3H3,(H,25,29)/t16-/m1/s1. The van der Waals surface area contributed by atoms with Gasteiger partial charge in [0.05, 0.1) is 11.9 Å². The van der Waals surface area contributed by atoms with E-state index in [-0.39, 0.29) is 37.7 Å². The highest BCUT2D eigenvalue weighted by molar-refractivity contribution is 7.92. The van der Waals surface area contributed by atoms with Gasteiger partial charge in [0, 0.05) is 36.6 Å². The number of benzene rings is 2. The second kappa shape index (κ2) is 11.5. The van der Waals surface area contributed by atoms with Crippen LogP contribution in [0.5, 0.6) is 0 Å². The Kier molecular flexibility index (Phi) is 9.36. The van der Waals surface area contributed by atoms with Gasteiger partial charge in [-0.15, -0.1) is 0 Å². The van der Waals surface area contributed by atoms with Gasteiger partial charge in [-0.1, -0.05) is 35.3 Å². The molecule has 0 bridgehead atoms. The van der Waals surface area contributed by atoms with E-state index in [9.17, 15) is 18.0 Å². The van der Waals surface area contributed by atoms with Crippen LogP contribution in [0.3, 0.4) is 0 Å². The summed E-state index contributed by atoms with van der Waals surface area (Å²) in [5, 5.41) is 3.59. The number of sulfonamides is 1. The topological polar surface area (TPSA) is 86.8 Å². The van der Waals surface area contributed by atoms with E-state index >= 15 is 0 Å². The zero-order chi connectivity index (χ0) is 23.9. The number of anilines is 1. The molecule has 0 aliphatic heterocycles. The first kappa shape index (κ1) is 26.0. The maximum Gasteiger partial charge on any atom is 0.242 e. The van der Waals surface area contributed by atoms with Crippen molar-refractivity contribution in [3.63, 3.8) is 0 Å². The predicted octanol–water partition coefficient (Wildman–Crippen LogP) is 3.70. The Labute approximate surface area is 199 Å². The van der Waals surface area contributed by atoms with E-state index in [1.54, 1.807) is 49.4 Å². The van der Waals surface area contributed by atoms with Gasteiger partial charge in [0.1, 0.15) is 6.04 Å². The van der Waals surface area contributed by atoms with Crippen LogP contribution in [0.4, 0.5) is 5.69 Å². The lowest BCUT2D eigenvalue weighted by atomic mass is 10.1. The third-order valence-corrected chi connectivity index (χ3v) is 6.60. The minimum atomic E-state index is -3.55. The summed E-state index contributed by atoms with van der Waals surface area (Å²) in [4.78, 5) is 26.7. The molecular formula is C22H27Cl2N3O4S. The molecule has 2 amide bonds. The van der Waals surface area contributed by atoms with Crippen molar-refractivity contribution in [1.29, 1.82) is 0 Å². The van der Waals surface area contributed by atoms with Crippen molar-refractivity contribution in [2.45, 2.75) is 32.4 Å². The fraction of sp³-hybridized carbons (Fsp3) is 0.364. The van der Waals surface area contributed by atoms with Crippen molar-refractivity contribution < 1.29 is 18.0 Å². The first-order valence-electron chi connectivity index (χ1n) is 10.0. The summed E-state index contributed by atoms with van der Waals surface area (Å²) in [6.45, 7) is 1.98. The summed E-state index contributed by atoms with van der Waals surface area (Å²) in [5.74, 6) is -0.551. The van der Waals surface area contributed by atoms with Crippen LogP contribution < -0.4 is 9.62 Å². The molecule has 7 nitrogen and oxygen atoms in total. The van der Waals surface area contributed by atoms with E-state index in [0.29, 0.717) is 15.7 Å². The molecule has 0 aliphatic carbocycles. The quantitative estimate of drug-likeness (QED) is 0.539.